The van der Waals surface area contributed by atoms with Crippen LogP contribution in [0, 0.1) is 5.92 Å². The number of carboxylic acids is 1. The number of cyclic esters (lactones) is 1. The Morgan fingerprint density at radius 3 is 2.62 bits per heavy atom. The minimum atomic E-state index is -1.05. The molecule has 0 bridgehead atoms. The summed E-state index contributed by atoms with van der Waals surface area (Å²) in [5.74, 6) is -2.34. The average molecular weight is 437 g/mol. The third kappa shape index (κ3) is 3.79. The van der Waals surface area contributed by atoms with E-state index in [1.165, 1.54) is 7.11 Å². The first-order valence-electron chi connectivity index (χ1n) is 10.1. The number of hydrogen-bond donors (Lipinski definition) is 1. The summed E-state index contributed by atoms with van der Waals surface area (Å²) >= 11 is 0. The molecule has 2 unspecified atom stereocenters. The van der Waals surface area contributed by atoms with E-state index in [1.54, 1.807) is 25.3 Å². The van der Waals surface area contributed by atoms with Crippen molar-refractivity contribution in [2.45, 2.75) is 18.9 Å². The van der Waals surface area contributed by atoms with E-state index in [4.69, 9.17) is 14.2 Å². The second kappa shape index (κ2) is 8.37. The molecule has 1 aliphatic heterocycles. The van der Waals surface area contributed by atoms with Gasteiger partial charge in [-0.05, 0) is 41.0 Å². The lowest BCUT2D eigenvalue weighted by atomic mass is 9.93. The van der Waals surface area contributed by atoms with Gasteiger partial charge < -0.3 is 23.9 Å². The first kappa shape index (κ1) is 21.4. The minimum absolute atomic E-state index is 0.135. The number of benzene rings is 2. The highest BCUT2D eigenvalue weighted by Gasteiger charge is 2.41. The number of aryl methyl sites for hydroxylation is 1. The molecule has 4 rings (SSSR count). The number of nitrogens with zero attached hydrogens (tertiary/aromatic N) is 1. The molecule has 0 spiro atoms. The number of methoxy groups -OCH3 is 2. The third-order valence-corrected chi connectivity index (χ3v) is 5.84. The molecule has 0 radical (unpaired) electrons. The van der Waals surface area contributed by atoms with Crippen LogP contribution in [0.2, 0.25) is 0 Å². The molecule has 0 aliphatic carbocycles. The molecule has 1 saturated heterocycles. The SMILES string of the molecule is COC(=O)c1ccc(Cc2cn(C)c3ccc(C4OC(=O)CC4C(=O)O)cc23)c(OC)c1. The van der Waals surface area contributed by atoms with E-state index in [9.17, 15) is 19.5 Å². The quantitative estimate of drug-likeness (QED) is 0.590. The van der Waals surface area contributed by atoms with Gasteiger partial charge in [-0.15, -0.1) is 0 Å². The van der Waals surface area contributed by atoms with Crippen LogP contribution < -0.4 is 4.74 Å². The minimum Gasteiger partial charge on any atom is -0.496 e. The highest BCUT2D eigenvalue weighted by Crippen LogP contribution is 2.38. The lowest BCUT2D eigenvalue weighted by Gasteiger charge is -2.15. The fraction of sp³-hybridized carbons (Fsp3) is 0.292. The van der Waals surface area contributed by atoms with Gasteiger partial charge in [0.1, 0.15) is 17.8 Å². The molecule has 8 nitrogen and oxygen atoms in total. The summed E-state index contributed by atoms with van der Waals surface area (Å²) in [6.45, 7) is 0. The standard InChI is InChI=1S/C24H23NO7/c1-25-12-16(8-13-4-5-15(24(29)31-3)10-20(13)30-2)17-9-14(6-7-19(17)25)22-18(23(27)28)11-21(26)32-22/h4-7,9-10,12,18,22H,8,11H2,1-3H3,(H,27,28). The lowest BCUT2D eigenvalue weighted by molar-refractivity contribution is -0.144. The summed E-state index contributed by atoms with van der Waals surface area (Å²) in [5.41, 5.74) is 3.88. The maximum atomic E-state index is 11.8. The second-order valence-electron chi connectivity index (χ2n) is 7.80. The number of aromatic nitrogens is 1. The van der Waals surface area contributed by atoms with E-state index in [-0.39, 0.29) is 6.42 Å². The van der Waals surface area contributed by atoms with E-state index in [2.05, 4.69) is 0 Å². The van der Waals surface area contributed by atoms with Crippen LogP contribution in [-0.4, -0.2) is 41.8 Å². The number of carbonyl (C=O) groups excluding carboxylic acids is 2. The van der Waals surface area contributed by atoms with Gasteiger partial charge in [0.25, 0.3) is 0 Å². The van der Waals surface area contributed by atoms with Crippen molar-refractivity contribution in [2.75, 3.05) is 14.2 Å². The lowest BCUT2D eigenvalue weighted by Crippen LogP contribution is -2.17. The van der Waals surface area contributed by atoms with E-state index in [0.717, 1.165) is 22.0 Å². The summed E-state index contributed by atoms with van der Waals surface area (Å²) in [6, 6.07) is 10.8. The highest BCUT2D eigenvalue weighted by molar-refractivity contribution is 5.90. The van der Waals surface area contributed by atoms with Crippen molar-refractivity contribution in [3.05, 3.63) is 64.8 Å². The molecule has 166 valence electrons. The van der Waals surface area contributed by atoms with Gasteiger partial charge in [-0.1, -0.05) is 12.1 Å². The highest BCUT2D eigenvalue weighted by atomic mass is 16.6. The molecule has 1 aliphatic rings. The van der Waals surface area contributed by atoms with Gasteiger partial charge in [-0.2, -0.15) is 0 Å². The summed E-state index contributed by atoms with van der Waals surface area (Å²) in [7, 11) is 4.80. The Labute approximate surface area is 184 Å². The fourth-order valence-electron chi connectivity index (χ4n) is 4.23. The van der Waals surface area contributed by atoms with E-state index in [1.807, 2.05) is 36.0 Å². The molecule has 2 aromatic carbocycles. The van der Waals surface area contributed by atoms with Crippen molar-refractivity contribution in [1.82, 2.24) is 4.57 Å². The Hall–Kier alpha value is -3.81. The maximum Gasteiger partial charge on any atom is 0.337 e. The van der Waals surface area contributed by atoms with Crippen molar-refractivity contribution in [3.63, 3.8) is 0 Å². The summed E-state index contributed by atoms with van der Waals surface area (Å²) in [5, 5.41) is 10.4. The molecule has 32 heavy (non-hydrogen) atoms. The van der Waals surface area contributed by atoms with Gasteiger partial charge in [0.15, 0.2) is 0 Å². The molecule has 1 N–H and O–H groups in total. The van der Waals surface area contributed by atoms with Crippen LogP contribution in [0.4, 0.5) is 0 Å². The van der Waals surface area contributed by atoms with Crippen molar-refractivity contribution >= 4 is 28.8 Å². The summed E-state index contributed by atoms with van der Waals surface area (Å²) in [6.07, 6.45) is 1.57. The third-order valence-electron chi connectivity index (χ3n) is 5.84. The second-order valence-corrected chi connectivity index (χ2v) is 7.80. The molecule has 2 atom stereocenters. The van der Waals surface area contributed by atoms with Crippen LogP contribution in [0.1, 0.15) is 39.6 Å². The Balaban J connectivity index is 1.73. The normalized spacial score (nSPS) is 17.9. The zero-order valence-corrected chi connectivity index (χ0v) is 18.0. The van der Waals surface area contributed by atoms with Crippen molar-refractivity contribution < 1.29 is 33.7 Å². The van der Waals surface area contributed by atoms with E-state index < -0.39 is 29.9 Å². The van der Waals surface area contributed by atoms with Crippen LogP contribution >= 0.6 is 0 Å². The molecule has 0 saturated carbocycles. The monoisotopic (exact) mass is 437 g/mol. The number of carbonyl (C=O) groups is 3. The number of ether oxygens (including phenoxy) is 3. The molecule has 2 heterocycles. The van der Waals surface area contributed by atoms with Gasteiger partial charge >= 0.3 is 17.9 Å². The fourth-order valence-corrected chi connectivity index (χ4v) is 4.23. The predicted molar refractivity (Wildman–Crippen MR) is 115 cm³/mol. The molecule has 0 amide bonds. The number of rotatable bonds is 6. The topological polar surface area (TPSA) is 104 Å². The Morgan fingerprint density at radius 2 is 1.94 bits per heavy atom. The van der Waals surface area contributed by atoms with Crippen molar-refractivity contribution in [3.8, 4) is 5.75 Å². The molecule has 8 heteroatoms. The average Bonchev–Trinajstić information content (AvgIpc) is 3.33. The van der Waals surface area contributed by atoms with Gasteiger partial charge in [0.05, 0.1) is 26.2 Å². The molecular formula is C24H23NO7. The molecule has 1 aromatic heterocycles. The summed E-state index contributed by atoms with van der Waals surface area (Å²) < 4.78 is 17.6. The first-order chi connectivity index (χ1) is 15.3. The van der Waals surface area contributed by atoms with Gasteiger partial charge in [-0.3, -0.25) is 9.59 Å². The number of aliphatic carboxylic acids is 1. The zero-order valence-electron chi connectivity index (χ0n) is 18.0. The van der Waals surface area contributed by atoms with Crippen LogP contribution in [0.3, 0.4) is 0 Å². The van der Waals surface area contributed by atoms with Gasteiger partial charge in [0, 0.05) is 30.6 Å². The number of carboxylic acid groups (broad SMARTS) is 1. The van der Waals surface area contributed by atoms with Crippen LogP contribution in [-0.2, 0) is 32.5 Å². The Kier molecular flexibility index (Phi) is 5.61. The number of esters is 2. The predicted octanol–water partition coefficient (Wildman–Crippen LogP) is 3.25. The van der Waals surface area contributed by atoms with Crippen LogP contribution in [0.15, 0.2) is 42.6 Å². The molecule has 3 aromatic rings. The van der Waals surface area contributed by atoms with Crippen molar-refractivity contribution in [1.29, 1.82) is 0 Å². The smallest absolute Gasteiger partial charge is 0.337 e. The van der Waals surface area contributed by atoms with Crippen molar-refractivity contribution in [2.24, 2.45) is 13.0 Å². The van der Waals surface area contributed by atoms with Crippen LogP contribution in [0.5, 0.6) is 5.75 Å². The molecule has 1 fully saturated rings. The zero-order chi connectivity index (χ0) is 23.0. The van der Waals surface area contributed by atoms with Gasteiger partial charge in [-0.25, -0.2) is 4.79 Å². The molecular weight excluding hydrogens is 414 g/mol. The van der Waals surface area contributed by atoms with Gasteiger partial charge in [0.2, 0.25) is 0 Å². The van der Waals surface area contributed by atoms with Crippen LogP contribution in [0.25, 0.3) is 10.9 Å². The maximum absolute atomic E-state index is 11.8. The first-order valence-corrected chi connectivity index (χ1v) is 10.1. The Bertz CT molecular complexity index is 1230. The van der Waals surface area contributed by atoms with E-state index >= 15 is 0 Å². The largest absolute Gasteiger partial charge is 0.496 e. The van der Waals surface area contributed by atoms with E-state index in [0.29, 0.717) is 23.3 Å². The number of fused-ring (bicyclic) bond motifs is 1. The Morgan fingerprint density at radius 1 is 1.16 bits per heavy atom. The summed E-state index contributed by atoms with van der Waals surface area (Å²) in [4.78, 5) is 35.2. The number of hydrogen-bond acceptors (Lipinski definition) is 6.